The number of hydrogen-bond donors (Lipinski definition) is 3. The van der Waals surface area contributed by atoms with Crippen molar-refractivity contribution in [3.05, 3.63) is 29.8 Å². The van der Waals surface area contributed by atoms with Crippen LogP contribution < -0.4 is 10.1 Å². The standard InChI is InChI=1S/C18H29NO4/c1-4-11-23-15-7-5-14(6-8-15)17(20)9-10-19-16(18(21)22)12-13(2)3/h5-8,13,16-17,19-20H,4,9-12H2,1-3H3,(H,21,22)/t16-,17-/m1/s1. The molecule has 0 spiro atoms. The Hall–Kier alpha value is -1.59. The third-order valence-corrected chi connectivity index (χ3v) is 3.55. The SMILES string of the molecule is CCCOc1ccc([C@H](O)CCN[C@H](CC(C)C)C(=O)O)cc1. The summed E-state index contributed by atoms with van der Waals surface area (Å²) in [6.07, 6.45) is 1.39. The largest absolute Gasteiger partial charge is 0.494 e. The fourth-order valence-corrected chi connectivity index (χ4v) is 2.31. The summed E-state index contributed by atoms with van der Waals surface area (Å²) in [4.78, 5) is 11.2. The molecule has 130 valence electrons. The molecule has 0 unspecified atom stereocenters. The van der Waals surface area contributed by atoms with Crippen LogP contribution in [-0.4, -0.2) is 35.4 Å². The highest BCUT2D eigenvalue weighted by molar-refractivity contribution is 5.73. The minimum atomic E-state index is -0.842. The lowest BCUT2D eigenvalue weighted by Gasteiger charge is -2.18. The average molecular weight is 323 g/mol. The van der Waals surface area contributed by atoms with E-state index in [1.54, 1.807) is 0 Å². The number of benzene rings is 1. The first-order valence-corrected chi connectivity index (χ1v) is 8.31. The van der Waals surface area contributed by atoms with E-state index in [-0.39, 0.29) is 0 Å². The van der Waals surface area contributed by atoms with E-state index in [4.69, 9.17) is 9.84 Å². The van der Waals surface area contributed by atoms with Crippen molar-refractivity contribution in [1.82, 2.24) is 5.32 Å². The minimum Gasteiger partial charge on any atom is -0.494 e. The molecule has 0 aliphatic rings. The molecular weight excluding hydrogens is 294 g/mol. The number of carbonyl (C=O) groups is 1. The van der Waals surface area contributed by atoms with Gasteiger partial charge in [0.25, 0.3) is 0 Å². The summed E-state index contributed by atoms with van der Waals surface area (Å²) in [6.45, 7) is 7.18. The first-order valence-electron chi connectivity index (χ1n) is 8.31. The topological polar surface area (TPSA) is 78.8 Å². The number of ether oxygens (including phenoxy) is 1. The van der Waals surface area contributed by atoms with E-state index >= 15 is 0 Å². The Bertz CT molecular complexity index is 459. The van der Waals surface area contributed by atoms with Gasteiger partial charge in [-0.05, 0) is 49.4 Å². The summed E-state index contributed by atoms with van der Waals surface area (Å²) in [6, 6.07) is 6.82. The number of hydrogen-bond acceptors (Lipinski definition) is 4. The Kier molecular flexibility index (Phi) is 8.66. The molecule has 0 saturated carbocycles. The quantitative estimate of drug-likeness (QED) is 0.583. The van der Waals surface area contributed by atoms with E-state index in [2.05, 4.69) is 12.2 Å². The Balaban J connectivity index is 2.43. The van der Waals surface area contributed by atoms with Gasteiger partial charge in [0.2, 0.25) is 0 Å². The molecule has 1 aromatic rings. The summed E-state index contributed by atoms with van der Waals surface area (Å²) in [5.74, 6) is 0.263. The van der Waals surface area contributed by atoms with E-state index in [1.807, 2.05) is 38.1 Å². The molecule has 0 aromatic heterocycles. The highest BCUT2D eigenvalue weighted by Crippen LogP contribution is 2.20. The molecule has 0 radical (unpaired) electrons. The van der Waals surface area contributed by atoms with Crippen LogP contribution in [-0.2, 0) is 4.79 Å². The molecule has 5 heteroatoms. The molecule has 5 nitrogen and oxygen atoms in total. The van der Waals surface area contributed by atoms with Gasteiger partial charge in [-0.25, -0.2) is 0 Å². The van der Waals surface area contributed by atoms with Crippen LogP contribution in [0.2, 0.25) is 0 Å². The molecule has 0 amide bonds. The fourth-order valence-electron chi connectivity index (χ4n) is 2.31. The lowest BCUT2D eigenvalue weighted by molar-refractivity contribution is -0.139. The molecule has 2 atom stereocenters. The summed E-state index contributed by atoms with van der Waals surface area (Å²) in [5.41, 5.74) is 0.811. The molecule has 23 heavy (non-hydrogen) atoms. The maximum Gasteiger partial charge on any atom is 0.320 e. The van der Waals surface area contributed by atoms with Gasteiger partial charge in [0.1, 0.15) is 11.8 Å². The monoisotopic (exact) mass is 323 g/mol. The molecular formula is C18H29NO4. The molecule has 3 N–H and O–H groups in total. The Morgan fingerprint density at radius 1 is 1.26 bits per heavy atom. The van der Waals surface area contributed by atoms with Crippen molar-refractivity contribution in [2.24, 2.45) is 5.92 Å². The Morgan fingerprint density at radius 3 is 2.43 bits per heavy atom. The van der Waals surface area contributed by atoms with Gasteiger partial charge < -0.3 is 20.3 Å². The smallest absolute Gasteiger partial charge is 0.320 e. The highest BCUT2D eigenvalue weighted by atomic mass is 16.5. The molecule has 1 aromatic carbocycles. The Morgan fingerprint density at radius 2 is 1.91 bits per heavy atom. The molecule has 1 rings (SSSR count). The number of carboxylic acid groups (broad SMARTS) is 1. The van der Waals surface area contributed by atoms with Gasteiger partial charge in [0.15, 0.2) is 0 Å². The van der Waals surface area contributed by atoms with Crippen molar-refractivity contribution in [3.63, 3.8) is 0 Å². The fraction of sp³-hybridized carbons (Fsp3) is 0.611. The summed E-state index contributed by atoms with van der Waals surface area (Å²) >= 11 is 0. The third-order valence-electron chi connectivity index (χ3n) is 3.55. The van der Waals surface area contributed by atoms with E-state index in [0.29, 0.717) is 31.9 Å². The summed E-state index contributed by atoms with van der Waals surface area (Å²) in [5, 5.41) is 22.4. The highest BCUT2D eigenvalue weighted by Gasteiger charge is 2.18. The van der Waals surface area contributed by atoms with Crippen LogP contribution in [0.15, 0.2) is 24.3 Å². The van der Waals surface area contributed by atoms with E-state index in [0.717, 1.165) is 17.7 Å². The number of nitrogens with one attached hydrogen (secondary N) is 1. The number of carboxylic acids is 1. The van der Waals surface area contributed by atoms with Crippen molar-refractivity contribution in [2.45, 2.75) is 52.2 Å². The predicted molar refractivity (Wildman–Crippen MR) is 90.7 cm³/mol. The van der Waals surface area contributed by atoms with Gasteiger partial charge in [-0.3, -0.25) is 4.79 Å². The second-order valence-electron chi connectivity index (χ2n) is 6.20. The van der Waals surface area contributed by atoms with Crippen molar-refractivity contribution in [2.75, 3.05) is 13.2 Å². The molecule has 0 bridgehead atoms. The molecule has 0 heterocycles. The van der Waals surface area contributed by atoms with Crippen LogP contribution >= 0.6 is 0 Å². The molecule has 0 saturated heterocycles. The molecule has 0 aliphatic carbocycles. The zero-order chi connectivity index (χ0) is 17.2. The number of aliphatic hydroxyl groups is 1. The Labute approximate surface area is 138 Å². The summed E-state index contributed by atoms with van der Waals surface area (Å²) < 4.78 is 5.51. The van der Waals surface area contributed by atoms with Crippen molar-refractivity contribution >= 4 is 5.97 Å². The first kappa shape index (κ1) is 19.5. The second-order valence-corrected chi connectivity index (χ2v) is 6.20. The van der Waals surface area contributed by atoms with Gasteiger partial charge in [-0.1, -0.05) is 32.9 Å². The zero-order valence-electron chi connectivity index (χ0n) is 14.3. The van der Waals surface area contributed by atoms with Gasteiger partial charge in [0, 0.05) is 0 Å². The number of rotatable bonds is 11. The second kappa shape index (κ2) is 10.2. The molecule has 0 fully saturated rings. The average Bonchev–Trinajstić information content (AvgIpc) is 2.51. The van der Waals surface area contributed by atoms with Crippen LogP contribution in [0.1, 0.15) is 51.7 Å². The predicted octanol–water partition coefficient (Wildman–Crippen LogP) is 2.99. The van der Waals surface area contributed by atoms with Crippen LogP contribution in [0.3, 0.4) is 0 Å². The van der Waals surface area contributed by atoms with E-state index in [1.165, 1.54) is 0 Å². The van der Waals surface area contributed by atoms with Crippen molar-refractivity contribution in [1.29, 1.82) is 0 Å². The maximum absolute atomic E-state index is 11.2. The third kappa shape index (κ3) is 7.48. The zero-order valence-corrected chi connectivity index (χ0v) is 14.3. The lowest BCUT2D eigenvalue weighted by atomic mass is 10.0. The first-order chi connectivity index (χ1) is 10.9. The normalized spacial score (nSPS) is 13.8. The van der Waals surface area contributed by atoms with Gasteiger partial charge in [-0.2, -0.15) is 0 Å². The molecule has 0 aliphatic heterocycles. The summed E-state index contributed by atoms with van der Waals surface area (Å²) in [7, 11) is 0. The number of aliphatic carboxylic acids is 1. The van der Waals surface area contributed by atoms with E-state index < -0.39 is 18.1 Å². The van der Waals surface area contributed by atoms with Crippen LogP contribution in [0.25, 0.3) is 0 Å². The maximum atomic E-state index is 11.2. The van der Waals surface area contributed by atoms with Gasteiger partial charge >= 0.3 is 5.97 Å². The van der Waals surface area contributed by atoms with E-state index in [9.17, 15) is 9.90 Å². The lowest BCUT2D eigenvalue weighted by Crippen LogP contribution is -2.38. The minimum absolute atomic E-state index is 0.309. The number of aliphatic hydroxyl groups excluding tert-OH is 1. The van der Waals surface area contributed by atoms with Crippen molar-refractivity contribution < 1.29 is 19.7 Å². The van der Waals surface area contributed by atoms with Crippen LogP contribution in [0.4, 0.5) is 0 Å². The van der Waals surface area contributed by atoms with Gasteiger partial charge in [-0.15, -0.1) is 0 Å². The van der Waals surface area contributed by atoms with Gasteiger partial charge in [0.05, 0.1) is 12.7 Å². The van der Waals surface area contributed by atoms with Crippen LogP contribution in [0, 0.1) is 5.92 Å². The van der Waals surface area contributed by atoms with Crippen LogP contribution in [0.5, 0.6) is 5.75 Å². The van der Waals surface area contributed by atoms with Crippen molar-refractivity contribution in [3.8, 4) is 5.75 Å².